The predicted molar refractivity (Wildman–Crippen MR) is 117 cm³/mol. The van der Waals surface area contributed by atoms with E-state index in [0.29, 0.717) is 30.5 Å². The number of nitrogens with zero attached hydrogens (tertiary/aromatic N) is 4. The Morgan fingerprint density at radius 3 is 2.63 bits per heavy atom. The monoisotopic (exact) mass is 446 g/mol. The van der Waals surface area contributed by atoms with Crippen LogP contribution in [0.1, 0.15) is 17.7 Å². The minimum Gasteiger partial charge on any atom is -0.489 e. The topological polar surface area (TPSA) is 59.3 Å². The molecule has 0 N–H and O–H groups in total. The van der Waals surface area contributed by atoms with E-state index in [1.165, 1.54) is 11.3 Å². The SMILES string of the molecule is O=c1cc(CN2CCN(Cc3cc(Cl)c4c(c3)OCCCO4)CC2)nc2sccn12. The summed E-state index contributed by atoms with van der Waals surface area (Å²) in [5, 5.41) is 2.50. The van der Waals surface area contributed by atoms with Gasteiger partial charge in [-0.1, -0.05) is 11.6 Å². The van der Waals surface area contributed by atoms with Crippen LogP contribution in [-0.2, 0) is 13.1 Å². The summed E-state index contributed by atoms with van der Waals surface area (Å²) in [5.74, 6) is 1.41. The van der Waals surface area contributed by atoms with E-state index in [2.05, 4.69) is 14.8 Å². The molecule has 30 heavy (non-hydrogen) atoms. The maximum Gasteiger partial charge on any atom is 0.258 e. The summed E-state index contributed by atoms with van der Waals surface area (Å²) in [4.78, 5) is 22.3. The lowest BCUT2D eigenvalue weighted by molar-refractivity contribution is 0.121. The van der Waals surface area contributed by atoms with Crippen molar-refractivity contribution in [3.63, 3.8) is 0 Å². The molecule has 0 unspecified atom stereocenters. The number of aromatic nitrogens is 2. The maximum absolute atomic E-state index is 12.2. The van der Waals surface area contributed by atoms with Gasteiger partial charge in [-0.2, -0.15) is 0 Å². The van der Waals surface area contributed by atoms with Crippen molar-refractivity contribution in [2.24, 2.45) is 0 Å². The van der Waals surface area contributed by atoms with Crippen molar-refractivity contribution in [3.05, 3.63) is 56.4 Å². The zero-order valence-corrected chi connectivity index (χ0v) is 18.1. The highest BCUT2D eigenvalue weighted by Crippen LogP contribution is 2.38. The summed E-state index contributed by atoms with van der Waals surface area (Å²) in [6.07, 6.45) is 2.63. The first-order valence-corrected chi connectivity index (χ1v) is 11.4. The fourth-order valence-corrected chi connectivity index (χ4v) is 4.96. The van der Waals surface area contributed by atoms with Gasteiger partial charge < -0.3 is 9.47 Å². The van der Waals surface area contributed by atoms with Crippen molar-refractivity contribution < 1.29 is 9.47 Å². The van der Waals surface area contributed by atoms with Gasteiger partial charge in [-0.15, -0.1) is 11.3 Å². The van der Waals surface area contributed by atoms with Crippen LogP contribution in [-0.4, -0.2) is 58.6 Å². The number of benzene rings is 1. The molecule has 9 heteroatoms. The summed E-state index contributed by atoms with van der Waals surface area (Å²) in [6.45, 7) is 6.58. The summed E-state index contributed by atoms with van der Waals surface area (Å²) in [6, 6.07) is 5.67. The third-order valence-corrected chi connectivity index (χ3v) is 6.51. The van der Waals surface area contributed by atoms with Gasteiger partial charge in [0.15, 0.2) is 16.5 Å². The molecule has 1 fully saturated rings. The molecule has 3 aromatic rings. The van der Waals surface area contributed by atoms with Gasteiger partial charge in [0.1, 0.15) is 0 Å². The Bertz CT molecular complexity index is 1110. The standard InChI is InChI=1S/C21H23ClN4O3S/c22-17-10-15(11-18-20(17)29-8-1-7-28-18)13-24-2-4-25(5-3-24)14-16-12-19(27)26-6-9-30-21(26)23-16/h6,9-12H,1-5,7-8,13-14H2. The number of hydrogen-bond donors (Lipinski definition) is 0. The van der Waals surface area contributed by atoms with Crippen LogP contribution in [0.5, 0.6) is 11.5 Å². The minimum absolute atomic E-state index is 0.0128. The first-order chi connectivity index (χ1) is 14.7. The Kier molecular flexibility index (Phi) is 5.64. The number of ether oxygens (including phenoxy) is 2. The second-order valence-corrected chi connectivity index (χ2v) is 8.93. The molecule has 0 aliphatic carbocycles. The molecule has 1 aromatic carbocycles. The van der Waals surface area contributed by atoms with Crippen molar-refractivity contribution >= 4 is 27.9 Å². The van der Waals surface area contributed by atoms with Gasteiger partial charge in [-0.05, 0) is 17.7 Å². The Labute approximate surface area is 183 Å². The molecule has 158 valence electrons. The van der Waals surface area contributed by atoms with Gasteiger partial charge in [0.05, 0.1) is 23.9 Å². The molecule has 0 radical (unpaired) electrons. The largest absolute Gasteiger partial charge is 0.489 e. The average molecular weight is 447 g/mol. The number of fused-ring (bicyclic) bond motifs is 2. The molecule has 2 aromatic heterocycles. The maximum atomic E-state index is 12.2. The fraction of sp³-hybridized carbons (Fsp3) is 0.429. The van der Waals surface area contributed by atoms with Crippen LogP contribution in [0.2, 0.25) is 5.02 Å². The highest BCUT2D eigenvalue weighted by Gasteiger charge is 2.20. The Morgan fingerprint density at radius 1 is 1.03 bits per heavy atom. The smallest absolute Gasteiger partial charge is 0.258 e. The van der Waals surface area contributed by atoms with E-state index in [4.69, 9.17) is 21.1 Å². The molecule has 0 bridgehead atoms. The molecule has 7 nitrogen and oxygen atoms in total. The van der Waals surface area contributed by atoms with Gasteiger partial charge in [0.25, 0.3) is 5.56 Å². The average Bonchev–Trinajstić information content (AvgIpc) is 3.07. The van der Waals surface area contributed by atoms with E-state index in [1.807, 2.05) is 17.5 Å². The summed E-state index contributed by atoms with van der Waals surface area (Å²) in [7, 11) is 0. The van der Waals surface area contributed by atoms with Crippen molar-refractivity contribution in [2.75, 3.05) is 39.4 Å². The Morgan fingerprint density at radius 2 is 1.80 bits per heavy atom. The first-order valence-electron chi connectivity index (χ1n) is 10.1. The number of rotatable bonds is 4. The van der Waals surface area contributed by atoms with Crippen molar-refractivity contribution in [1.29, 1.82) is 0 Å². The molecule has 5 rings (SSSR count). The molecule has 4 heterocycles. The predicted octanol–water partition coefficient (Wildman–Crippen LogP) is 2.89. The normalized spacial score (nSPS) is 17.9. The van der Waals surface area contributed by atoms with E-state index in [1.54, 1.807) is 16.7 Å². The van der Waals surface area contributed by atoms with Gasteiger partial charge in [0.2, 0.25) is 0 Å². The first kappa shape index (κ1) is 19.8. The van der Waals surface area contributed by atoms with Crippen LogP contribution in [0.4, 0.5) is 0 Å². The van der Waals surface area contributed by atoms with Gasteiger partial charge in [-0.3, -0.25) is 19.0 Å². The minimum atomic E-state index is -0.0128. The van der Waals surface area contributed by atoms with Gasteiger partial charge >= 0.3 is 0 Å². The highest BCUT2D eigenvalue weighted by molar-refractivity contribution is 7.15. The zero-order valence-electron chi connectivity index (χ0n) is 16.6. The molecule has 0 saturated carbocycles. The molecule has 0 spiro atoms. The third-order valence-electron chi connectivity index (χ3n) is 5.47. The van der Waals surface area contributed by atoms with Gasteiger partial charge in [0, 0.05) is 63.3 Å². The van der Waals surface area contributed by atoms with E-state index in [9.17, 15) is 4.79 Å². The molecule has 1 saturated heterocycles. The Balaban J connectivity index is 1.20. The van der Waals surface area contributed by atoms with Crippen molar-refractivity contribution in [2.45, 2.75) is 19.5 Å². The second kappa shape index (κ2) is 8.55. The summed E-state index contributed by atoms with van der Waals surface area (Å²) in [5.41, 5.74) is 1.96. The Hall–Kier alpha value is -2.13. The second-order valence-electron chi connectivity index (χ2n) is 7.65. The van der Waals surface area contributed by atoms with Crippen LogP contribution in [0.15, 0.2) is 34.6 Å². The molecule has 2 aliphatic heterocycles. The van der Waals surface area contributed by atoms with Crippen molar-refractivity contribution in [3.8, 4) is 11.5 Å². The van der Waals surface area contributed by atoms with E-state index in [0.717, 1.165) is 61.1 Å². The molecular formula is C21H23ClN4O3S. The van der Waals surface area contributed by atoms with Crippen LogP contribution >= 0.6 is 22.9 Å². The molecule has 2 aliphatic rings. The van der Waals surface area contributed by atoms with E-state index >= 15 is 0 Å². The van der Waals surface area contributed by atoms with E-state index in [-0.39, 0.29) is 5.56 Å². The van der Waals surface area contributed by atoms with Crippen LogP contribution in [0.3, 0.4) is 0 Å². The van der Waals surface area contributed by atoms with Crippen molar-refractivity contribution in [1.82, 2.24) is 19.2 Å². The quantitative estimate of drug-likeness (QED) is 0.614. The molecule has 0 atom stereocenters. The molecule has 0 amide bonds. The summed E-state index contributed by atoms with van der Waals surface area (Å²) < 4.78 is 13.1. The zero-order chi connectivity index (χ0) is 20.5. The third kappa shape index (κ3) is 4.18. The van der Waals surface area contributed by atoms with Gasteiger partial charge in [-0.25, -0.2) is 4.98 Å². The lowest BCUT2D eigenvalue weighted by Crippen LogP contribution is -2.45. The number of halogens is 1. The molecular weight excluding hydrogens is 424 g/mol. The highest BCUT2D eigenvalue weighted by atomic mass is 35.5. The number of thiazole rings is 1. The number of hydrogen-bond acceptors (Lipinski definition) is 7. The number of piperazine rings is 1. The van der Waals surface area contributed by atoms with Crippen LogP contribution in [0.25, 0.3) is 4.96 Å². The fourth-order valence-electron chi connectivity index (χ4n) is 3.94. The lowest BCUT2D eigenvalue weighted by atomic mass is 10.1. The summed E-state index contributed by atoms with van der Waals surface area (Å²) >= 11 is 7.92. The van der Waals surface area contributed by atoms with Crippen LogP contribution in [0, 0.1) is 0 Å². The van der Waals surface area contributed by atoms with E-state index < -0.39 is 0 Å². The lowest BCUT2D eigenvalue weighted by Gasteiger charge is -2.34. The van der Waals surface area contributed by atoms with Crippen LogP contribution < -0.4 is 15.0 Å².